The number of hydrogen-bond donors (Lipinski definition) is 2. The maximum atomic E-state index is 12.1. The summed E-state index contributed by atoms with van der Waals surface area (Å²) in [4.78, 5) is 12.1. The Balaban J connectivity index is 0.00000200. The number of benzene rings is 1. The van der Waals surface area contributed by atoms with Crippen LogP contribution >= 0.6 is 12.4 Å². The van der Waals surface area contributed by atoms with E-state index in [9.17, 15) is 4.79 Å². The number of nitrogens with two attached hydrogens (primary N) is 1. The predicted octanol–water partition coefficient (Wildman–Crippen LogP) is 2.19. The third-order valence-electron chi connectivity index (χ3n) is 3.51. The fourth-order valence-corrected chi connectivity index (χ4v) is 2.39. The minimum Gasteiger partial charge on any atom is -0.497 e. The third-order valence-corrected chi connectivity index (χ3v) is 3.51. The van der Waals surface area contributed by atoms with Gasteiger partial charge in [-0.3, -0.25) is 4.79 Å². The number of carbonyl (C=O) groups is 1. The minimum absolute atomic E-state index is 0. The molecule has 1 aromatic rings. The summed E-state index contributed by atoms with van der Waals surface area (Å²) in [5.41, 5.74) is 6.49. The summed E-state index contributed by atoms with van der Waals surface area (Å²) in [5.74, 6) is 1.30. The molecule has 1 fully saturated rings. The Morgan fingerprint density at radius 2 is 2.05 bits per heavy atom. The number of hydrogen-bond acceptors (Lipinski definition) is 4. The van der Waals surface area contributed by atoms with E-state index in [2.05, 4.69) is 5.32 Å². The summed E-state index contributed by atoms with van der Waals surface area (Å²) < 4.78 is 10.4. The van der Waals surface area contributed by atoms with Crippen LogP contribution in [0.25, 0.3) is 0 Å². The lowest BCUT2D eigenvalue weighted by Crippen LogP contribution is -2.23. The highest BCUT2D eigenvalue weighted by Crippen LogP contribution is 2.31. The average Bonchev–Trinajstić information content (AvgIpc) is 2.86. The van der Waals surface area contributed by atoms with E-state index in [1.54, 1.807) is 32.4 Å². The van der Waals surface area contributed by atoms with Gasteiger partial charge < -0.3 is 20.5 Å². The Hall–Kier alpha value is -1.46. The van der Waals surface area contributed by atoms with Crippen LogP contribution in [0.1, 0.15) is 19.3 Å². The standard InChI is InChI=1S/C14H20N2O3.ClH/c1-18-11-5-6-12(13(8-11)19-2)16-14(17)9-3-4-10(15)7-9;/h5-6,8-10H,3-4,7,15H2,1-2H3,(H,16,17);1H. The first-order valence-corrected chi connectivity index (χ1v) is 6.42. The van der Waals surface area contributed by atoms with Crippen LogP contribution in [0.3, 0.4) is 0 Å². The Morgan fingerprint density at radius 1 is 1.30 bits per heavy atom. The van der Waals surface area contributed by atoms with Crippen molar-refractivity contribution in [1.29, 1.82) is 0 Å². The summed E-state index contributed by atoms with van der Waals surface area (Å²) in [6, 6.07) is 5.47. The third kappa shape index (κ3) is 3.77. The van der Waals surface area contributed by atoms with Gasteiger partial charge in [-0.05, 0) is 31.4 Å². The van der Waals surface area contributed by atoms with E-state index in [4.69, 9.17) is 15.2 Å². The zero-order valence-electron chi connectivity index (χ0n) is 11.7. The van der Waals surface area contributed by atoms with Gasteiger partial charge >= 0.3 is 0 Å². The van der Waals surface area contributed by atoms with E-state index >= 15 is 0 Å². The van der Waals surface area contributed by atoms with Crippen molar-refractivity contribution in [3.63, 3.8) is 0 Å². The van der Waals surface area contributed by atoms with E-state index in [-0.39, 0.29) is 30.3 Å². The van der Waals surface area contributed by atoms with E-state index in [0.717, 1.165) is 19.3 Å². The average molecular weight is 301 g/mol. The molecular weight excluding hydrogens is 280 g/mol. The minimum atomic E-state index is 0. The van der Waals surface area contributed by atoms with Crippen molar-refractivity contribution in [3.8, 4) is 11.5 Å². The van der Waals surface area contributed by atoms with Crippen LogP contribution in [0, 0.1) is 5.92 Å². The lowest BCUT2D eigenvalue weighted by atomic mass is 10.1. The first-order valence-electron chi connectivity index (χ1n) is 6.42. The second-order valence-corrected chi connectivity index (χ2v) is 4.83. The van der Waals surface area contributed by atoms with Crippen molar-refractivity contribution in [1.82, 2.24) is 0 Å². The fourth-order valence-electron chi connectivity index (χ4n) is 2.39. The van der Waals surface area contributed by atoms with Gasteiger partial charge in [-0.2, -0.15) is 0 Å². The van der Waals surface area contributed by atoms with Gasteiger partial charge in [-0.15, -0.1) is 12.4 Å². The molecule has 2 unspecified atom stereocenters. The monoisotopic (exact) mass is 300 g/mol. The molecule has 112 valence electrons. The molecule has 0 heterocycles. The highest BCUT2D eigenvalue weighted by molar-refractivity contribution is 5.94. The number of anilines is 1. The fraction of sp³-hybridized carbons (Fsp3) is 0.500. The second kappa shape index (κ2) is 7.36. The first kappa shape index (κ1) is 16.6. The number of carbonyl (C=O) groups excluding carboxylic acids is 1. The SMILES string of the molecule is COc1ccc(NC(=O)C2CCC(N)C2)c(OC)c1.Cl. The molecule has 20 heavy (non-hydrogen) atoms. The van der Waals surface area contributed by atoms with Crippen LogP contribution in [0.5, 0.6) is 11.5 Å². The second-order valence-electron chi connectivity index (χ2n) is 4.83. The van der Waals surface area contributed by atoms with Crippen molar-refractivity contribution in [2.75, 3.05) is 19.5 Å². The summed E-state index contributed by atoms with van der Waals surface area (Å²) in [6.07, 6.45) is 2.52. The molecule has 2 atom stereocenters. The Kier molecular flexibility index (Phi) is 6.10. The Bertz CT molecular complexity index is 468. The molecule has 0 aromatic heterocycles. The molecule has 1 saturated carbocycles. The molecule has 1 amide bonds. The summed E-state index contributed by atoms with van der Waals surface area (Å²) in [7, 11) is 3.16. The molecule has 1 aliphatic rings. The summed E-state index contributed by atoms with van der Waals surface area (Å²) in [5, 5.41) is 2.90. The first-order chi connectivity index (χ1) is 9.13. The molecule has 0 radical (unpaired) electrons. The summed E-state index contributed by atoms with van der Waals surface area (Å²) >= 11 is 0. The van der Waals surface area contributed by atoms with Gasteiger partial charge in [0.05, 0.1) is 19.9 Å². The van der Waals surface area contributed by atoms with Gasteiger partial charge in [-0.1, -0.05) is 0 Å². The molecule has 0 aliphatic heterocycles. The number of amides is 1. The summed E-state index contributed by atoms with van der Waals surface area (Å²) in [6.45, 7) is 0. The van der Waals surface area contributed by atoms with Crippen LogP contribution in [0.15, 0.2) is 18.2 Å². The Labute approximate surface area is 125 Å². The highest BCUT2D eigenvalue weighted by atomic mass is 35.5. The van der Waals surface area contributed by atoms with E-state index in [0.29, 0.717) is 17.2 Å². The maximum Gasteiger partial charge on any atom is 0.227 e. The van der Waals surface area contributed by atoms with E-state index in [1.165, 1.54) is 0 Å². The molecule has 0 bridgehead atoms. The molecule has 3 N–H and O–H groups in total. The van der Waals surface area contributed by atoms with Crippen molar-refractivity contribution >= 4 is 24.0 Å². The normalized spacial score (nSPS) is 20.9. The molecule has 5 nitrogen and oxygen atoms in total. The molecule has 1 aromatic carbocycles. The number of nitrogens with one attached hydrogen (secondary N) is 1. The maximum absolute atomic E-state index is 12.1. The zero-order valence-corrected chi connectivity index (χ0v) is 12.5. The smallest absolute Gasteiger partial charge is 0.227 e. The van der Waals surface area contributed by atoms with Crippen molar-refractivity contribution < 1.29 is 14.3 Å². The van der Waals surface area contributed by atoms with Crippen LogP contribution in [0.2, 0.25) is 0 Å². The number of rotatable bonds is 4. The van der Waals surface area contributed by atoms with Crippen molar-refractivity contribution in [2.45, 2.75) is 25.3 Å². The Morgan fingerprint density at radius 3 is 2.60 bits per heavy atom. The van der Waals surface area contributed by atoms with Crippen LogP contribution in [-0.2, 0) is 4.79 Å². The number of ether oxygens (including phenoxy) is 2. The molecule has 1 aliphatic carbocycles. The molecular formula is C14H21ClN2O3. The van der Waals surface area contributed by atoms with Crippen molar-refractivity contribution in [3.05, 3.63) is 18.2 Å². The molecule has 6 heteroatoms. The molecule has 0 spiro atoms. The van der Waals surface area contributed by atoms with E-state index < -0.39 is 0 Å². The van der Waals surface area contributed by atoms with Gasteiger partial charge in [0.2, 0.25) is 5.91 Å². The van der Waals surface area contributed by atoms with E-state index in [1.807, 2.05) is 0 Å². The zero-order chi connectivity index (χ0) is 13.8. The largest absolute Gasteiger partial charge is 0.497 e. The highest BCUT2D eigenvalue weighted by Gasteiger charge is 2.28. The number of methoxy groups -OCH3 is 2. The van der Waals surface area contributed by atoms with Gasteiger partial charge in [0.15, 0.2) is 0 Å². The van der Waals surface area contributed by atoms with Crippen LogP contribution < -0.4 is 20.5 Å². The van der Waals surface area contributed by atoms with Crippen molar-refractivity contribution in [2.24, 2.45) is 11.7 Å². The number of halogens is 1. The van der Waals surface area contributed by atoms with Gasteiger partial charge in [0.1, 0.15) is 11.5 Å². The van der Waals surface area contributed by atoms with Gasteiger partial charge in [-0.25, -0.2) is 0 Å². The molecule has 2 rings (SSSR count). The molecule has 0 saturated heterocycles. The van der Waals surface area contributed by atoms with Crippen LogP contribution in [-0.4, -0.2) is 26.2 Å². The lowest BCUT2D eigenvalue weighted by molar-refractivity contribution is -0.119. The van der Waals surface area contributed by atoms with Gasteiger partial charge in [0, 0.05) is 18.0 Å². The quantitative estimate of drug-likeness (QED) is 0.894. The topological polar surface area (TPSA) is 73.6 Å². The van der Waals surface area contributed by atoms with Gasteiger partial charge in [0.25, 0.3) is 0 Å². The lowest BCUT2D eigenvalue weighted by Gasteiger charge is -2.14. The predicted molar refractivity (Wildman–Crippen MR) is 80.7 cm³/mol. The van der Waals surface area contributed by atoms with Crippen LogP contribution in [0.4, 0.5) is 5.69 Å².